The molecule has 9 heteroatoms. The van der Waals surface area contributed by atoms with Gasteiger partial charge in [0.1, 0.15) is 10.3 Å². The fraction of sp³-hybridized carbons (Fsp3) is 0.231. The van der Waals surface area contributed by atoms with Gasteiger partial charge in [-0.25, -0.2) is 9.79 Å². The molecule has 3 aromatic rings. The Labute approximate surface area is 204 Å². The average Bonchev–Trinajstić information content (AvgIpc) is 3.32. The van der Waals surface area contributed by atoms with Gasteiger partial charge in [0.05, 0.1) is 36.1 Å². The quantitative estimate of drug-likeness (QED) is 0.568. The standard InChI is InChI=1S/C26H23N3O5S/c1-13(2)34-25(32)19-14(3)27-26-29(21(19)15-9-11-16(33-4)12-10-15)24(31)22(35-26)20-17-7-5-6-8-18(17)28-23(20)30/h5-13,21H,1-4H3,(H,28,30)/b22-20+/t21-/m1/s1. The predicted octanol–water partition coefficient (Wildman–Crippen LogP) is 2.52. The number of hydrogen-bond donors (Lipinski definition) is 1. The third-order valence-corrected chi connectivity index (χ3v) is 6.94. The van der Waals surface area contributed by atoms with Crippen molar-refractivity contribution in [3.63, 3.8) is 0 Å². The van der Waals surface area contributed by atoms with Crippen molar-refractivity contribution in [3.05, 3.63) is 90.6 Å². The molecule has 1 amide bonds. The second-order valence-corrected chi connectivity index (χ2v) is 9.48. The Balaban J connectivity index is 1.79. The Kier molecular flexibility index (Phi) is 5.64. The molecule has 0 unspecified atom stereocenters. The van der Waals surface area contributed by atoms with Gasteiger partial charge < -0.3 is 14.8 Å². The molecule has 8 nitrogen and oxygen atoms in total. The topological polar surface area (TPSA) is 99.0 Å². The minimum absolute atomic E-state index is 0.274. The van der Waals surface area contributed by atoms with E-state index >= 15 is 0 Å². The molecule has 0 aliphatic carbocycles. The maximum absolute atomic E-state index is 13.9. The van der Waals surface area contributed by atoms with E-state index in [1.165, 1.54) is 4.57 Å². The van der Waals surface area contributed by atoms with Crippen LogP contribution in [-0.4, -0.2) is 29.7 Å². The lowest BCUT2D eigenvalue weighted by atomic mass is 9.95. The number of fused-ring (bicyclic) bond motifs is 2. The Morgan fingerprint density at radius 2 is 1.83 bits per heavy atom. The number of rotatable bonds is 4. The Morgan fingerprint density at radius 1 is 1.11 bits per heavy atom. The number of methoxy groups -OCH3 is 1. The van der Waals surface area contributed by atoms with Crippen LogP contribution in [0.2, 0.25) is 0 Å². The number of aromatic nitrogens is 1. The summed E-state index contributed by atoms with van der Waals surface area (Å²) in [6.07, 6.45) is -0.343. The minimum atomic E-state index is -0.766. The third kappa shape index (κ3) is 3.77. The van der Waals surface area contributed by atoms with Crippen molar-refractivity contribution in [2.75, 3.05) is 12.4 Å². The zero-order valence-corrected chi connectivity index (χ0v) is 20.4. The fourth-order valence-corrected chi connectivity index (χ4v) is 5.50. The third-order valence-electron chi connectivity index (χ3n) is 5.89. The molecule has 35 heavy (non-hydrogen) atoms. The van der Waals surface area contributed by atoms with E-state index in [1.54, 1.807) is 52.1 Å². The van der Waals surface area contributed by atoms with E-state index in [2.05, 4.69) is 10.3 Å². The SMILES string of the molecule is COc1ccc([C@@H]2C(C(=O)OC(C)C)=C(C)N=c3s/c(=C4/C(=O)Nc5ccccc54)c(=O)n32)cc1. The lowest BCUT2D eigenvalue weighted by molar-refractivity contribution is -0.143. The zero-order chi connectivity index (χ0) is 24.9. The highest BCUT2D eigenvalue weighted by Gasteiger charge is 2.35. The Hall–Kier alpha value is -3.98. The summed E-state index contributed by atoms with van der Waals surface area (Å²) >= 11 is 1.14. The van der Waals surface area contributed by atoms with Crippen molar-refractivity contribution in [1.82, 2.24) is 4.57 Å². The van der Waals surface area contributed by atoms with Crippen LogP contribution in [0.5, 0.6) is 5.75 Å². The van der Waals surface area contributed by atoms with Crippen molar-refractivity contribution in [2.24, 2.45) is 4.99 Å². The second kappa shape index (κ2) is 8.66. The summed E-state index contributed by atoms with van der Waals surface area (Å²) in [4.78, 5) is 44.9. The number of allylic oxidation sites excluding steroid dienone is 1. The molecular formula is C26H23N3O5S. The zero-order valence-electron chi connectivity index (χ0n) is 19.6. The molecule has 2 aromatic carbocycles. The van der Waals surface area contributed by atoms with Gasteiger partial charge in [0.15, 0.2) is 4.80 Å². The molecule has 1 N–H and O–H groups in total. The van der Waals surface area contributed by atoms with Gasteiger partial charge in [-0.2, -0.15) is 0 Å². The van der Waals surface area contributed by atoms with Crippen molar-refractivity contribution in [2.45, 2.75) is 32.9 Å². The molecule has 0 saturated carbocycles. The van der Waals surface area contributed by atoms with E-state index in [-0.39, 0.29) is 22.1 Å². The lowest BCUT2D eigenvalue weighted by Gasteiger charge is -2.25. The molecule has 178 valence electrons. The van der Waals surface area contributed by atoms with Crippen LogP contribution in [0.15, 0.2) is 69.6 Å². The summed E-state index contributed by atoms with van der Waals surface area (Å²) in [6, 6.07) is 13.6. The first kappa shape index (κ1) is 22.8. The van der Waals surface area contributed by atoms with Crippen molar-refractivity contribution < 1.29 is 19.1 Å². The number of nitrogens with one attached hydrogen (secondary N) is 1. The first-order valence-corrected chi connectivity index (χ1v) is 11.9. The summed E-state index contributed by atoms with van der Waals surface area (Å²) in [5.74, 6) is -0.230. The van der Waals surface area contributed by atoms with Crippen molar-refractivity contribution in [1.29, 1.82) is 0 Å². The molecule has 1 atom stereocenters. The number of carbonyl (C=O) groups excluding carboxylic acids is 2. The molecule has 0 saturated heterocycles. The molecule has 0 fully saturated rings. The molecule has 0 bridgehead atoms. The summed E-state index contributed by atoms with van der Waals surface area (Å²) in [6.45, 7) is 5.26. The van der Waals surface area contributed by atoms with Crippen LogP contribution in [-0.2, 0) is 14.3 Å². The number of hydrogen-bond acceptors (Lipinski definition) is 7. The Bertz CT molecular complexity index is 1580. The molecule has 5 rings (SSSR count). The number of ether oxygens (including phenoxy) is 2. The number of esters is 1. The molecule has 2 aliphatic rings. The van der Waals surface area contributed by atoms with Gasteiger partial charge in [-0.3, -0.25) is 14.2 Å². The van der Waals surface area contributed by atoms with Gasteiger partial charge >= 0.3 is 5.97 Å². The number of amides is 1. The van der Waals surface area contributed by atoms with Crippen LogP contribution in [0.4, 0.5) is 5.69 Å². The highest BCUT2D eigenvalue weighted by molar-refractivity contribution is 7.07. The maximum atomic E-state index is 13.9. The van der Waals surface area contributed by atoms with Crippen LogP contribution in [0, 0.1) is 0 Å². The van der Waals surface area contributed by atoms with Crippen LogP contribution >= 0.6 is 11.3 Å². The molecule has 0 spiro atoms. The first-order chi connectivity index (χ1) is 16.8. The van der Waals surface area contributed by atoms with Gasteiger partial charge in [-0.05, 0) is 44.5 Å². The van der Waals surface area contributed by atoms with Gasteiger partial charge in [0.2, 0.25) is 0 Å². The monoisotopic (exact) mass is 489 g/mol. The van der Waals surface area contributed by atoms with E-state index < -0.39 is 17.6 Å². The first-order valence-electron chi connectivity index (χ1n) is 11.1. The van der Waals surface area contributed by atoms with Crippen molar-refractivity contribution in [3.8, 4) is 5.75 Å². The number of thiazole rings is 1. The lowest BCUT2D eigenvalue weighted by Crippen LogP contribution is -2.40. The van der Waals surface area contributed by atoms with E-state index in [0.29, 0.717) is 38.6 Å². The highest BCUT2D eigenvalue weighted by atomic mass is 32.1. The predicted molar refractivity (Wildman–Crippen MR) is 132 cm³/mol. The maximum Gasteiger partial charge on any atom is 0.338 e. The summed E-state index contributed by atoms with van der Waals surface area (Å²) in [5, 5.41) is 2.82. The number of para-hydroxylation sites is 1. The molecule has 1 aromatic heterocycles. The highest BCUT2D eigenvalue weighted by Crippen LogP contribution is 2.33. The van der Waals surface area contributed by atoms with Crippen LogP contribution < -0.4 is 24.9 Å². The number of nitrogens with zero attached hydrogens (tertiary/aromatic N) is 2. The van der Waals surface area contributed by atoms with Gasteiger partial charge in [0.25, 0.3) is 11.5 Å². The number of anilines is 1. The van der Waals surface area contributed by atoms with E-state index in [1.807, 2.05) is 24.3 Å². The smallest absolute Gasteiger partial charge is 0.338 e. The largest absolute Gasteiger partial charge is 0.497 e. The van der Waals surface area contributed by atoms with Gasteiger partial charge in [-0.1, -0.05) is 41.7 Å². The number of carbonyl (C=O) groups is 2. The van der Waals surface area contributed by atoms with Gasteiger partial charge in [0, 0.05) is 11.3 Å². The average molecular weight is 490 g/mol. The van der Waals surface area contributed by atoms with Crippen LogP contribution in [0.3, 0.4) is 0 Å². The molecule has 2 aliphatic heterocycles. The normalized spacial score (nSPS) is 18.1. The van der Waals surface area contributed by atoms with Crippen LogP contribution in [0.1, 0.15) is 37.9 Å². The van der Waals surface area contributed by atoms with E-state index in [0.717, 1.165) is 11.3 Å². The minimum Gasteiger partial charge on any atom is -0.497 e. The van der Waals surface area contributed by atoms with Crippen LogP contribution in [0.25, 0.3) is 5.57 Å². The molecule has 3 heterocycles. The molecule has 0 radical (unpaired) electrons. The fourth-order valence-electron chi connectivity index (χ4n) is 4.35. The summed E-state index contributed by atoms with van der Waals surface area (Å²) in [7, 11) is 1.57. The molecular weight excluding hydrogens is 466 g/mol. The summed E-state index contributed by atoms with van der Waals surface area (Å²) < 4.78 is 12.6. The van der Waals surface area contributed by atoms with E-state index in [9.17, 15) is 14.4 Å². The van der Waals surface area contributed by atoms with Crippen molar-refractivity contribution >= 4 is 34.5 Å². The Morgan fingerprint density at radius 3 is 2.51 bits per heavy atom. The number of benzene rings is 2. The van der Waals surface area contributed by atoms with E-state index in [4.69, 9.17) is 9.47 Å². The second-order valence-electron chi connectivity index (χ2n) is 8.50. The summed E-state index contributed by atoms with van der Waals surface area (Å²) in [5.41, 5.74) is 2.68. The van der Waals surface area contributed by atoms with Gasteiger partial charge in [-0.15, -0.1) is 0 Å².